The van der Waals surface area contributed by atoms with Gasteiger partial charge in [-0.25, -0.2) is 0 Å². The monoisotopic (exact) mass is 500 g/mol. The zero-order valence-electron chi connectivity index (χ0n) is 18.1. The van der Waals surface area contributed by atoms with Gasteiger partial charge in [-0.05, 0) is 79.0 Å². The Hall–Kier alpha value is -4.20. The van der Waals surface area contributed by atoms with Crippen LogP contribution in [0, 0.1) is 0 Å². The summed E-state index contributed by atoms with van der Waals surface area (Å²) in [6.45, 7) is 0. The highest BCUT2D eigenvalue weighted by atomic mass is 35.5. The van der Waals surface area contributed by atoms with Gasteiger partial charge in [0.15, 0.2) is 5.11 Å². The third-order valence-corrected chi connectivity index (χ3v) is 5.72. The summed E-state index contributed by atoms with van der Waals surface area (Å²) in [4.78, 5) is 27.1. The molecule has 0 unspecified atom stereocenters. The van der Waals surface area contributed by atoms with Crippen LogP contribution in [0.2, 0.25) is 5.02 Å². The van der Waals surface area contributed by atoms with E-state index in [-0.39, 0.29) is 10.7 Å². The number of hydrogen-bond donors (Lipinski definition) is 1. The largest absolute Gasteiger partial charge is 0.457 e. The average Bonchev–Trinajstić information content (AvgIpc) is 3.32. The third-order valence-electron chi connectivity index (χ3n) is 5.20. The average molecular weight is 501 g/mol. The van der Waals surface area contributed by atoms with Crippen LogP contribution in [0.4, 0.5) is 5.69 Å². The van der Waals surface area contributed by atoms with E-state index >= 15 is 0 Å². The lowest BCUT2D eigenvalue weighted by Crippen LogP contribution is -2.54. The van der Waals surface area contributed by atoms with Crippen LogP contribution in [0.15, 0.2) is 101 Å². The van der Waals surface area contributed by atoms with E-state index in [1.807, 2.05) is 42.5 Å². The van der Waals surface area contributed by atoms with E-state index in [4.69, 9.17) is 33.0 Å². The van der Waals surface area contributed by atoms with Crippen molar-refractivity contribution >= 4 is 52.5 Å². The predicted octanol–water partition coefficient (Wildman–Crippen LogP) is 6.22. The summed E-state index contributed by atoms with van der Waals surface area (Å²) in [6, 6.07) is 26.8. The number of para-hydroxylation sites is 1. The number of nitrogens with zero attached hydrogens (tertiary/aromatic N) is 1. The van der Waals surface area contributed by atoms with Gasteiger partial charge in [-0.1, -0.05) is 41.9 Å². The van der Waals surface area contributed by atoms with Crippen LogP contribution in [0.5, 0.6) is 11.5 Å². The van der Waals surface area contributed by atoms with Gasteiger partial charge < -0.3 is 9.15 Å². The van der Waals surface area contributed by atoms with Crippen molar-refractivity contribution in [2.24, 2.45) is 0 Å². The first-order valence-electron chi connectivity index (χ1n) is 10.6. The van der Waals surface area contributed by atoms with Crippen LogP contribution in [-0.4, -0.2) is 16.9 Å². The van der Waals surface area contributed by atoms with Crippen LogP contribution in [-0.2, 0) is 9.59 Å². The molecule has 1 aliphatic heterocycles. The lowest BCUT2D eigenvalue weighted by atomic mass is 10.1. The molecule has 1 N–H and O–H groups in total. The van der Waals surface area contributed by atoms with E-state index in [0.29, 0.717) is 33.7 Å². The van der Waals surface area contributed by atoms with Crippen molar-refractivity contribution < 1.29 is 18.7 Å². The predicted molar refractivity (Wildman–Crippen MR) is 138 cm³/mol. The molecule has 0 bridgehead atoms. The maximum atomic E-state index is 13.3. The highest BCUT2D eigenvalue weighted by molar-refractivity contribution is 7.80. The Labute approximate surface area is 211 Å². The fraction of sp³-hybridized carbons (Fsp3) is 0. The fourth-order valence-electron chi connectivity index (χ4n) is 3.55. The van der Waals surface area contributed by atoms with E-state index in [2.05, 4.69) is 5.32 Å². The Kier molecular flexibility index (Phi) is 6.18. The minimum absolute atomic E-state index is 0.00654. The van der Waals surface area contributed by atoms with E-state index in [9.17, 15) is 9.59 Å². The molecule has 8 heteroatoms. The van der Waals surface area contributed by atoms with Crippen molar-refractivity contribution in [3.8, 4) is 22.8 Å². The summed E-state index contributed by atoms with van der Waals surface area (Å²) in [5.74, 6) is 1.04. The first kappa shape index (κ1) is 22.6. The minimum Gasteiger partial charge on any atom is -0.457 e. The smallest absolute Gasteiger partial charge is 0.270 e. The second-order valence-corrected chi connectivity index (χ2v) is 8.40. The molecule has 0 atom stereocenters. The van der Waals surface area contributed by atoms with Gasteiger partial charge in [0.05, 0.1) is 5.69 Å². The van der Waals surface area contributed by atoms with Crippen LogP contribution in [0.1, 0.15) is 5.76 Å². The zero-order valence-corrected chi connectivity index (χ0v) is 19.7. The number of amides is 2. The number of halogens is 1. The number of benzene rings is 3. The highest BCUT2D eigenvalue weighted by Crippen LogP contribution is 2.29. The fourth-order valence-corrected chi connectivity index (χ4v) is 4.02. The first-order valence-corrected chi connectivity index (χ1v) is 11.4. The Morgan fingerprint density at radius 3 is 2.37 bits per heavy atom. The number of furan rings is 1. The van der Waals surface area contributed by atoms with Crippen molar-refractivity contribution in [1.82, 2.24) is 5.32 Å². The Morgan fingerprint density at radius 2 is 1.63 bits per heavy atom. The second kappa shape index (κ2) is 9.58. The lowest BCUT2D eigenvalue weighted by Gasteiger charge is -2.28. The summed E-state index contributed by atoms with van der Waals surface area (Å²) in [6.07, 6.45) is 1.40. The number of anilines is 1. The van der Waals surface area contributed by atoms with E-state index in [1.54, 1.807) is 48.5 Å². The molecule has 3 aromatic carbocycles. The molecule has 1 fully saturated rings. The van der Waals surface area contributed by atoms with Gasteiger partial charge >= 0.3 is 0 Å². The second-order valence-electron chi connectivity index (χ2n) is 7.58. The van der Waals surface area contributed by atoms with E-state index in [1.165, 1.54) is 11.0 Å². The molecule has 2 heterocycles. The van der Waals surface area contributed by atoms with Crippen molar-refractivity contribution in [2.45, 2.75) is 0 Å². The van der Waals surface area contributed by atoms with Crippen LogP contribution >= 0.6 is 23.8 Å². The van der Waals surface area contributed by atoms with Crippen LogP contribution in [0.3, 0.4) is 0 Å². The standard InChI is InChI=1S/C27H17ClN2O4S/c28-18-6-4-5-17(15-18)24-14-13-22(34-24)16-23-25(31)29-27(35)30(26(23)32)19-9-11-21(12-10-19)33-20-7-2-1-3-8-20/h1-16H,(H,29,31,35). The number of carbonyl (C=O) groups is 2. The molecule has 2 amide bonds. The first-order chi connectivity index (χ1) is 17.0. The molecule has 6 nitrogen and oxygen atoms in total. The van der Waals surface area contributed by atoms with Crippen molar-refractivity contribution in [1.29, 1.82) is 0 Å². The SMILES string of the molecule is O=C1NC(=S)N(c2ccc(Oc3ccccc3)cc2)C(=O)C1=Cc1ccc(-c2cccc(Cl)c2)o1. The molecule has 0 radical (unpaired) electrons. The third kappa shape index (κ3) is 4.87. The number of ether oxygens (including phenoxy) is 1. The topological polar surface area (TPSA) is 71.8 Å². The molecule has 1 aromatic heterocycles. The normalized spacial score (nSPS) is 14.8. The van der Waals surface area contributed by atoms with Crippen molar-refractivity contribution in [3.63, 3.8) is 0 Å². The Morgan fingerprint density at radius 1 is 0.886 bits per heavy atom. The van der Waals surface area contributed by atoms with Gasteiger partial charge in [0.25, 0.3) is 11.8 Å². The molecule has 1 saturated heterocycles. The van der Waals surface area contributed by atoms with Crippen LogP contribution in [0.25, 0.3) is 17.4 Å². The van der Waals surface area contributed by atoms with E-state index < -0.39 is 11.8 Å². The van der Waals surface area contributed by atoms with Gasteiger partial charge in [0, 0.05) is 10.6 Å². The quantitative estimate of drug-likeness (QED) is 0.200. The van der Waals surface area contributed by atoms with Crippen LogP contribution < -0.4 is 15.0 Å². The summed E-state index contributed by atoms with van der Waals surface area (Å²) >= 11 is 11.3. The molecule has 0 saturated carbocycles. The Bertz CT molecular complexity index is 1460. The number of carbonyl (C=O) groups excluding carboxylic acids is 2. The molecule has 0 aliphatic carbocycles. The number of thiocarbonyl (C=S) groups is 1. The number of nitrogens with one attached hydrogen (secondary N) is 1. The minimum atomic E-state index is -0.596. The maximum Gasteiger partial charge on any atom is 0.270 e. The van der Waals surface area contributed by atoms with Gasteiger partial charge in [0.1, 0.15) is 28.6 Å². The molecule has 4 aromatic rings. The van der Waals surface area contributed by atoms with Gasteiger partial charge in [-0.3, -0.25) is 19.8 Å². The molecule has 172 valence electrons. The van der Waals surface area contributed by atoms with Gasteiger partial charge in [-0.2, -0.15) is 0 Å². The summed E-state index contributed by atoms with van der Waals surface area (Å²) in [5, 5.41) is 3.14. The summed E-state index contributed by atoms with van der Waals surface area (Å²) in [5.41, 5.74) is 1.17. The zero-order chi connectivity index (χ0) is 24.4. The molecular weight excluding hydrogens is 484 g/mol. The molecule has 35 heavy (non-hydrogen) atoms. The number of rotatable bonds is 5. The Balaban J connectivity index is 1.39. The molecule has 0 spiro atoms. The van der Waals surface area contributed by atoms with E-state index in [0.717, 1.165) is 5.56 Å². The van der Waals surface area contributed by atoms with Gasteiger partial charge in [0.2, 0.25) is 0 Å². The molecule has 5 rings (SSSR count). The summed E-state index contributed by atoms with van der Waals surface area (Å²) in [7, 11) is 0. The molecule has 1 aliphatic rings. The summed E-state index contributed by atoms with van der Waals surface area (Å²) < 4.78 is 11.6. The lowest BCUT2D eigenvalue weighted by molar-refractivity contribution is -0.122. The maximum absolute atomic E-state index is 13.3. The number of hydrogen-bond acceptors (Lipinski definition) is 5. The highest BCUT2D eigenvalue weighted by Gasteiger charge is 2.34. The van der Waals surface area contributed by atoms with Crippen molar-refractivity contribution in [2.75, 3.05) is 4.90 Å². The van der Waals surface area contributed by atoms with Crippen molar-refractivity contribution in [3.05, 3.63) is 107 Å². The molecular formula is C27H17ClN2O4S. The van der Waals surface area contributed by atoms with Gasteiger partial charge in [-0.15, -0.1) is 0 Å².